The van der Waals surface area contributed by atoms with Gasteiger partial charge in [0.25, 0.3) is 5.91 Å². The van der Waals surface area contributed by atoms with Gasteiger partial charge in [0.2, 0.25) is 0 Å². The molecule has 1 atom stereocenters. The first-order valence-electron chi connectivity index (χ1n) is 9.62. The van der Waals surface area contributed by atoms with E-state index in [0.29, 0.717) is 11.1 Å². The Morgan fingerprint density at radius 1 is 1.07 bits per heavy atom. The van der Waals surface area contributed by atoms with Crippen molar-refractivity contribution in [3.63, 3.8) is 0 Å². The molecular weight excluding hydrogens is 365 g/mol. The third-order valence-electron chi connectivity index (χ3n) is 5.13. The summed E-state index contributed by atoms with van der Waals surface area (Å²) >= 11 is 0. The number of carbonyl (C=O) groups excluding carboxylic acids is 1. The molecule has 1 aliphatic rings. The smallest absolute Gasteiger partial charge is 0.346 e. The lowest BCUT2D eigenvalue weighted by atomic mass is 10.0. The highest BCUT2D eigenvalue weighted by molar-refractivity contribution is 5.94. The van der Waals surface area contributed by atoms with Gasteiger partial charge in [-0.1, -0.05) is 30.7 Å². The average molecular weight is 390 g/mol. The lowest BCUT2D eigenvalue weighted by molar-refractivity contribution is -0.137. The van der Waals surface area contributed by atoms with Crippen LogP contribution < -0.4 is 5.32 Å². The molecule has 3 rings (SSSR count). The molecule has 1 fully saturated rings. The highest BCUT2D eigenvalue weighted by atomic mass is 19.4. The number of alkyl halides is 3. The van der Waals surface area contributed by atoms with Gasteiger partial charge in [0, 0.05) is 12.1 Å². The largest absolute Gasteiger partial charge is 0.416 e. The van der Waals surface area contributed by atoms with Crippen molar-refractivity contribution in [1.29, 1.82) is 0 Å². The number of nitrogens with one attached hydrogen (secondary N) is 1. The summed E-state index contributed by atoms with van der Waals surface area (Å²) in [6.45, 7) is 4.77. The predicted molar refractivity (Wildman–Crippen MR) is 103 cm³/mol. The SMILES string of the molecule is C[C@H](NC(=O)c1ccc(CN2CCCCC2)cc1)c1cccc(C(F)(F)F)c1. The number of piperidine rings is 1. The molecule has 0 radical (unpaired) electrons. The van der Waals surface area contributed by atoms with Gasteiger partial charge >= 0.3 is 6.18 Å². The Bertz CT molecular complexity index is 796. The van der Waals surface area contributed by atoms with Crippen molar-refractivity contribution in [2.75, 3.05) is 13.1 Å². The van der Waals surface area contributed by atoms with Crippen molar-refractivity contribution in [3.05, 3.63) is 70.8 Å². The fourth-order valence-electron chi connectivity index (χ4n) is 3.48. The van der Waals surface area contributed by atoms with Gasteiger partial charge < -0.3 is 5.32 Å². The van der Waals surface area contributed by atoms with Gasteiger partial charge in [0.15, 0.2) is 0 Å². The van der Waals surface area contributed by atoms with Gasteiger partial charge in [-0.3, -0.25) is 9.69 Å². The Morgan fingerprint density at radius 3 is 2.39 bits per heavy atom. The highest BCUT2D eigenvalue weighted by Crippen LogP contribution is 2.30. The number of amides is 1. The first-order valence-corrected chi connectivity index (χ1v) is 9.62. The normalized spacial score (nSPS) is 16.6. The van der Waals surface area contributed by atoms with Crippen LogP contribution >= 0.6 is 0 Å². The van der Waals surface area contributed by atoms with Gasteiger partial charge in [-0.05, 0) is 68.2 Å². The molecule has 1 saturated heterocycles. The summed E-state index contributed by atoms with van der Waals surface area (Å²) in [4.78, 5) is 14.9. The minimum atomic E-state index is -4.40. The van der Waals surface area contributed by atoms with E-state index in [-0.39, 0.29) is 5.91 Å². The monoisotopic (exact) mass is 390 g/mol. The lowest BCUT2D eigenvalue weighted by Crippen LogP contribution is -2.29. The van der Waals surface area contributed by atoms with E-state index in [1.165, 1.54) is 25.3 Å². The van der Waals surface area contributed by atoms with Crippen molar-refractivity contribution < 1.29 is 18.0 Å². The molecule has 150 valence electrons. The summed E-state index contributed by atoms with van der Waals surface area (Å²) in [5, 5.41) is 2.78. The second-order valence-corrected chi connectivity index (χ2v) is 7.35. The second-order valence-electron chi connectivity index (χ2n) is 7.35. The predicted octanol–water partition coefficient (Wildman–Crippen LogP) is 5.18. The van der Waals surface area contributed by atoms with Gasteiger partial charge in [0.1, 0.15) is 0 Å². The van der Waals surface area contributed by atoms with Crippen molar-refractivity contribution in [2.45, 2.75) is 44.9 Å². The first kappa shape index (κ1) is 20.4. The lowest BCUT2D eigenvalue weighted by Gasteiger charge is -2.26. The molecule has 1 aliphatic heterocycles. The topological polar surface area (TPSA) is 32.3 Å². The van der Waals surface area contributed by atoms with E-state index < -0.39 is 17.8 Å². The van der Waals surface area contributed by atoms with Crippen molar-refractivity contribution in [3.8, 4) is 0 Å². The van der Waals surface area contributed by atoms with E-state index in [9.17, 15) is 18.0 Å². The Morgan fingerprint density at radius 2 is 1.75 bits per heavy atom. The van der Waals surface area contributed by atoms with Gasteiger partial charge in [-0.25, -0.2) is 0 Å². The molecule has 2 aromatic carbocycles. The number of likely N-dealkylation sites (tertiary alicyclic amines) is 1. The molecule has 1 N–H and O–H groups in total. The number of hydrogen-bond donors (Lipinski definition) is 1. The fraction of sp³-hybridized carbons (Fsp3) is 0.409. The molecule has 6 heteroatoms. The summed E-state index contributed by atoms with van der Waals surface area (Å²) < 4.78 is 38.6. The van der Waals surface area contributed by atoms with Crippen LogP contribution in [-0.2, 0) is 12.7 Å². The Balaban J connectivity index is 1.61. The van der Waals surface area contributed by atoms with Crippen LogP contribution in [0.5, 0.6) is 0 Å². The summed E-state index contributed by atoms with van der Waals surface area (Å²) in [7, 11) is 0. The van der Waals surface area contributed by atoms with Crippen LogP contribution in [0.2, 0.25) is 0 Å². The summed E-state index contributed by atoms with van der Waals surface area (Å²) in [5.74, 6) is -0.297. The fourth-order valence-corrected chi connectivity index (χ4v) is 3.48. The molecule has 0 aliphatic carbocycles. The number of hydrogen-bond acceptors (Lipinski definition) is 2. The molecular formula is C22H25F3N2O. The van der Waals surface area contributed by atoms with Crippen LogP contribution in [-0.4, -0.2) is 23.9 Å². The second kappa shape index (κ2) is 8.78. The Kier molecular flexibility index (Phi) is 6.39. The third-order valence-corrected chi connectivity index (χ3v) is 5.13. The Hall–Kier alpha value is -2.34. The van der Waals surface area contributed by atoms with Gasteiger partial charge in [0.05, 0.1) is 11.6 Å². The van der Waals surface area contributed by atoms with E-state index in [2.05, 4.69) is 10.2 Å². The molecule has 0 bridgehead atoms. The molecule has 0 saturated carbocycles. The number of benzene rings is 2. The highest BCUT2D eigenvalue weighted by Gasteiger charge is 2.30. The molecule has 1 heterocycles. The molecule has 0 unspecified atom stereocenters. The summed E-state index contributed by atoms with van der Waals surface area (Å²) in [5.41, 5.74) is 1.36. The molecule has 28 heavy (non-hydrogen) atoms. The maximum absolute atomic E-state index is 12.9. The average Bonchev–Trinajstić information content (AvgIpc) is 2.69. The number of carbonyl (C=O) groups is 1. The zero-order chi connectivity index (χ0) is 20.1. The molecule has 0 spiro atoms. The van der Waals surface area contributed by atoms with E-state index in [4.69, 9.17) is 0 Å². The maximum Gasteiger partial charge on any atom is 0.416 e. The molecule has 2 aromatic rings. The van der Waals surface area contributed by atoms with Crippen LogP contribution in [0.3, 0.4) is 0 Å². The number of nitrogens with zero attached hydrogens (tertiary/aromatic N) is 1. The molecule has 0 aromatic heterocycles. The van der Waals surface area contributed by atoms with Crippen LogP contribution in [0.15, 0.2) is 48.5 Å². The maximum atomic E-state index is 12.9. The number of halogens is 3. The minimum Gasteiger partial charge on any atom is -0.346 e. The van der Waals surface area contributed by atoms with Crippen molar-refractivity contribution in [1.82, 2.24) is 10.2 Å². The van der Waals surface area contributed by atoms with Crippen molar-refractivity contribution >= 4 is 5.91 Å². The van der Waals surface area contributed by atoms with Gasteiger partial charge in [-0.2, -0.15) is 13.2 Å². The molecule has 3 nitrogen and oxygen atoms in total. The van der Waals surface area contributed by atoms with E-state index in [1.54, 1.807) is 25.1 Å². The summed E-state index contributed by atoms with van der Waals surface area (Å²) in [6.07, 6.45) is -0.647. The third kappa shape index (κ3) is 5.35. The van der Waals surface area contributed by atoms with E-state index in [0.717, 1.165) is 37.3 Å². The van der Waals surface area contributed by atoms with Crippen LogP contribution in [0.25, 0.3) is 0 Å². The Labute approximate surface area is 163 Å². The van der Waals surface area contributed by atoms with Crippen LogP contribution in [0.4, 0.5) is 13.2 Å². The van der Waals surface area contributed by atoms with Crippen molar-refractivity contribution in [2.24, 2.45) is 0 Å². The number of rotatable bonds is 5. The standard InChI is InChI=1S/C22H25F3N2O/c1-16(19-6-5-7-20(14-19)22(23,24)25)26-21(28)18-10-8-17(9-11-18)15-27-12-3-2-4-13-27/h5-11,14,16H,2-4,12-13,15H2,1H3,(H,26,28)/t16-/m0/s1. The van der Waals surface area contributed by atoms with E-state index in [1.807, 2.05) is 12.1 Å². The quantitative estimate of drug-likeness (QED) is 0.763. The molecule has 1 amide bonds. The van der Waals surface area contributed by atoms with E-state index >= 15 is 0 Å². The minimum absolute atomic E-state index is 0.297. The van der Waals surface area contributed by atoms with Crippen LogP contribution in [0, 0.1) is 0 Å². The van der Waals surface area contributed by atoms with Gasteiger partial charge in [-0.15, -0.1) is 0 Å². The van der Waals surface area contributed by atoms with Crippen LogP contribution in [0.1, 0.15) is 59.3 Å². The summed E-state index contributed by atoms with van der Waals surface area (Å²) in [6, 6.07) is 11.9. The zero-order valence-electron chi connectivity index (χ0n) is 15.9. The first-order chi connectivity index (χ1) is 13.3. The zero-order valence-corrected chi connectivity index (χ0v) is 15.9.